The Morgan fingerprint density at radius 3 is 2.23 bits per heavy atom. The van der Waals surface area contributed by atoms with Crippen LogP contribution in [0.3, 0.4) is 0 Å². The predicted octanol–water partition coefficient (Wildman–Crippen LogP) is 4.95. The fourth-order valence-corrected chi connectivity index (χ4v) is 4.18. The first-order valence-electron chi connectivity index (χ1n) is 10.9. The quantitative estimate of drug-likeness (QED) is 0.401. The minimum atomic E-state index is -1.41. The number of nitrogens with one attached hydrogen (secondary N) is 2. The zero-order chi connectivity index (χ0) is 24.9. The molecule has 0 fully saturated rings. The average molecular weight is 474 g/mol. The second-order valence-corrected chi connectivity index (χ2v) is 8.04. The zero-order valence-corrected chi connectivity index (χ0v) is 18.7. The summed E-state index contributed by atoms with van der Waals surface area (Å²) in [5.41, 5.74) is 3.87. The topological polar surface area (TPSA) is 105 Å². The Morgan fingerprint density at radius 2 is 1.66 bits per heavy atom. The number of alkyl carbamates (subject to hydrolysis) is 1. The summed E-state index contributed by atoms with van der Waals surface area (Å²) < 4.78 is 19.4. The average Bonchev–Trinajstić information content (AvgIpc) is 3.16. The van der Waals surface area contributed by atoms with E-state index >= 15 is 0 Å². The summed E-state index contributed by atoms with van der Waals surface area (Å²) in [6.45, 7) is 3.69. The molecule has 3 aromatic rings. The molecular weight excluding hydrogens is 451 g/mol. The van der Waals surface area contributed by atoms with Crippen LogP contribution in [0.2, 0.25) is 0 Å². The van der Waals surface area contributed by atoms with Crippen molar-refractivity contribution in [2.75, 3.05) is 11.9 Å². The van der Waals surface area contributed by atoms with Gasteiger partial charge in [-0.15, -0.1) is 6.58 Å². The van der Waals surface area contributed by atoms with Gasteiger partial charge in [-0.3, -0.25) is 4.79 Å². The van der Waals surface area contributed by atoms with Crippen LogP contribution in [0.4, 0.5) is 14.9 Å². The van der Waals surface area contributed by atoms with E-state index in [0.717, 1.165) is 34.4 Å². The molecule has 0 aromatic heterocycles. The minimum Gasteiger partial charge on any atom is -0.478 e. The molecule has 0 saturated heterocycles. The number of carbonyl (C=O) groups is 3. The van der Waals surface area contributed by atoms with E-state index in [-0.39, 0.29) is 24.6 Å². The van der Waals surface area contributed by atoms with E-state index in [1.807, 2.05) is 48.5 Å². The highest BCUT2D eigenvalue weighted by atomic mass is 19.1. The molecule has 0 spiro atoms. The third-order valence-electron chi connectivity index (χ3n) is 5.82. The molecule has 1 atom stereocenters. The van der Waals surface area contributed by atoms with Gasteiger partial charge in [0.1, 0.15) is 18.5 Å². The van der Waals surface area contributed by atoms with Crippen molar-refractivity contribution in [1.29, 1.82) is 0 Å². The molecule has 8 heteroatoms. The maximum atomic E-state index is 13.9. The Morgan fingerprint density at radius 1 is 1.03 bits per heavy atom. The van der Waals surface area contributed by atoms with Gasteiger partial charge in [-0.25, -0.2) is 14.0 Å². The Hall–Kier alpha value is -4.46. The third-order valence-corrected chi connectivity index (χ3v) is 5.82. The van der Waals surface area contributed by atoms with Crippen LogP contribution in [0, 0.1) is 5.82 Å². The van der Waals surface area contributed by atoms with Crippen LogP contribution < -0.4 is 10.6 Å². The van der Waals surface area contributed by atoms with Gasteiger partial charge in [0.2, 0.25) is 5.91 Å². The molecule has 4 rings (SSSR count). The number of halogens is 1. The van der Waals surface area contributed by atoms with Gasteiger partial charge in [-0.2, -0.15) is 0 Å². The molecule has 7 nitrogen and oxygen atoms in total. The van der Waals surface area contributed by atoms with Crippen molar-refractivity contribution < 1.29 is 28.6 Å². The summed E-state index contributed by atoms with van der Waals surface area (Å²) in [6, 6.07) is 18.1. The number of carboxylic acid groups (broad SMARTS) is 1. The van der Waals surface area contributed by atoms with Gasteiger partial charge < -0.3 is 20.5 Å². The summed E-state index contributed by atoms with van der Waals surface area (Å²) in [5, 5.41) is 13.9. The van der Waals surface area contributed by atoms with Crippen molar-refractivity contribution >= 4 is 23.7 Å². The molecule has 3 aromatic carbocycles. The molecule has 0 bridgehead atoms. The lowest BCUT2D eigenvalue weighted by Crippen LogP contribution is -2.44. The fraction of sp³-hybridized carbons (Fsp3) is 0.148. The number of carboxylic acids is 1. The summed E-state index contributed by atoms with van der Waals surface area (Å²) in [4.78, 5) is 36.2. The molecule has 3 N–H and O–H groups in total. The standard InChI is InChI=1S/C27H23FN2O5/c1-2-7-24(25(31)29-16-12-13-21(26(32)33)23(28)14-16)30-27(34)35-15-22-19-10-5-3-8-17(19)18-9-4-6-11-20(18)22/h2-6,8-14,22,24H,1,7,15H2,(H,29,31)(H,30,34)(H,32,33). The van der Waals surface area contributed by atoms with Gasteiger partial charge in [0.25, 0.3) is 0 Å². The van der Waals surface area contributed by atoms with Crippen LogP contribution in [0.15, 0.2) is 79.4 Å². The lowest BCUT2D eigenvalue weighted by atomic mass is 9.98. The number of anilines is 1. The number of carbonyl (C=O) groups excluding carboxylic acids is 2. The Bertz CT molecular complexity index is 1260. The van der Waals surface area contributed by atoms with Gasteiger partial charge in [0.05, 0.1) is 5.56 Å². The monoisotopic (exact) mass is 474 g/mol. The smallest absolute Gasteiger partial charge is 0.407 e. The number of fused-ring (bicyclic) bond motifs is 3. The van der Waals surface area contributed by atoms with Crippen molar-refractivity contribution in [3.05, 3.63) is 102 Å². The SMILES string of the molecule is C=CCC(NC(=O)OCC1c2ccccc2-c2ccccc21)C(=O)Nc1ccc(C(=O)O)c(F)c1. The highest BCUT2D eigenvalue weighted by Crippen LogP contribution is 2.44. The first-order valence-corrected chi connectivity index (χ1v) is 10.9. The lowest BCUT2D eigenvalue weighted by molar-refractivity contribution is -0.118. The molecule has 1 aliphatic carbocycles. The minimum absolute atomic E-state index is 0.0564. The third kappa shape index (κ3) is 5.06. The molecular formula is C27H23FN2O5. The summed E-state index contributed by atoms with van der Waals surface area (Å²) >= 11 is 0. The molecule has 2 amide bonds. The molecule has 178 valence electrons. The molecule has 35 heavy (non-hydrogen) atoms. The van der Waals surface area contributed by atoms with Crippen LogP contribution in [-0.2, 0) is 9.53 Å². The molecule has 0 radical (unpaired) electrons. The van der Waals surface area contributed by atoms with Gasteiger partial charge in [0.15, 0.2) is 0 Å². The van der Waals surface area contributed by atoms with Crippen molar-refractivity contribution in [3.63, 3.8) is 0 Å². The van der Waals surface area contributed by atoms with Crippen LogP contribution >= 0.6 is 0 Å². The summed E-state index contributed by atoms with van der Waals surface area (Å²) in [5.74, 6) is -3.15. The summed E-state index contributed by atoms with van der Waals surface area (Å²) in [7, 11) is 0. The number of rotatable bonds is 8. The maximum absolute atomic E-state index is 13.9. The van der Waals surface area contributed by atoms with Crippen molar-refractivity contribution in [2.45, 2.75) is 18.4 Å². The zero-order valence-electron chi connectivity index (χ0n) is 18.7. The number of amides is 2. The Labute approximate surface area is 201 Å². The first kappa shape index (κ1) is 23.7. The number of hydrogen-bond acceptors (Lipinski definition) is 4. The van der Waals surface area contributed by atoms with E-state index in [2.05, 4.69) is 17.2 Å². The summed E-state index contributed by atoms with van der Waals surface area (Å²) in [6.07, 6.45) is 0.787. The van der Waals surface area contributed by atoms with E-state index in [0.29, 0.717) is 0 Å². The molecule has 1 aliphatic rings. The van der Waals surface area contributed by atoms with Gasteiger partial charge in [-0.1, -0.05) is 54.6 Å². The molecule has 1 unspecified atom stereocenters. The van der Waals surface area contributed by atoms with E-state index in [1.165, 1.54) is 12.1 Å². The second-order valence-electron chi connectivity index (χ2n) is 8.04. The highest BCUT2D eigenvalue weighted by molar-refractivity contribution is 5.97. The van der Waals surface area contributed by atoms with Gasteiger partial charge >= 0.3 is 12.1 Å². The lowest BCUT2D eigenvalue weighted by Gasteiger charge is -2.19. The number of hydrogen-bond donors (Lipinski definition) is 3. The van der Waals surface area contributed by atoms with Crippen LogP contribution in [0.25, 0.3) is 11.1 Å². The second kappa shape index (κ2) is 10.2. The van der Waals surface area contributed by atoms with Crippen molar-refractivity contribution in [3.8, 4) is 11.1 Å². The van der Waals surface area contributed by atoms with Gasteiger partial charge in [-0.05, 0) is 46.9 Å². The van der Waals surface area contributed by atoms with Crippen molar-refractivity contribution in [1.82, 2.24) is 5.32 Å². The molecule has 0 saturated carbocycles. The normalized spacial score (nSPS) is 12.7. The number of ether oxygens (including phenoxy) is 1. The van der Waals surface area contributed by atoms with E-state index in [4.69, 9.17) is 9.84 Å². The van der Waals surface area contributed by atoms with Crippen LogP contribution in [0.5, 0.6) is 0 Å². The molecule has 0 aliphatic heterocycles. The Kier molecular flexibility index (Phi) is 6.91. The first-order chi connectivity index (χ1) is 16.9. The van der Waals surface area contributed by atoms with Crippen LogP contribution in [0.1, 0.15) is 33.8 Å². The van der Waals surface area contributed by atoms with E-state index in [1.54, 1.807) is 0 Å². The van der Waals surface area contributed by atoms with Crippen molar-refractivity contribution in [2.24, 2.45) is 0 Å². The maximum Gasteiger partial charge on any atom is 0.407 e. The predicted molar refractivity (Wildman–Crippen MR) is 129 cm³/mol. The fourth-order valence-electron chi connectivity index (χ4n) is 4.18. The van der Waals surface area contributed by atoms with Gasteiger partial charge in [0, 0.05) is 11.6 Å². The van der Waals surface area contributed by atoms with Crippen LogP contribution in [-0.4, -0.2) is 35.7 Å². The van der Waals surface area contributed by atoms with E-state index < -0.39 is 35.4 Å². The Balaban J connectivity index is 1.40. The largest absolute Gasteiger partial charge is 0.478 e. The number of benzene rings is 3. The molecule has 0 heterocycles. The number of aromatic carboxylic acids is 1. The van der Waals surface area contributed by atoms with E-state index in [9.17, 15) is 18.8 Å². The highest BCUT2D eigenvalue weighted by Gasteiger charge is 2.29.